The van der Waals surface area contributed by atoms with Crippen molar-refractivity contribution >= 4 is 0 Å². The van der Waals surface area contributed by atoms with Crippen molar-refractivity contribution in [3.05, 3.63) is 94.0 Å². The molecule has 2 aliphatic rings. The van der Waals surface area contributed by atoms with Crippen LogP contribution in [-0.2, 0) is 25.7 Å². The van der Waals surface area contributed by atoms with Crippen LogP contribution in [0.2, 0.25) is 0 Å². The van der Waals surface area contributed by atoms with Gasteiger partial charge in [-0.25, -0.2) is 0 Å². The summed E-state index contributed by atoms with van der Waals surface area (Å²) >= 11 is 0. The molecular weight excluding hydrogens is 596 g/mol. The Kier molecular flexibility index (Phi) is 9.38. The average Bonchev–Trinajstić information content (AvgIpc) is 3.08. The zero-order valence-electron chi connectivity index (χ0n) is 28.0. The molecule has 0 spiro atoms. The first-order valence-corrected chi connectivity index (χ1v) is 15.9. The molecule has 0 saturated carbocycles. The number of hydrogen-bond acceptors (Lipinski definition) is 9. The van der Waals surface area contributed by atoms with Gasteiger partial charge in [-0.2, -0.15) is 0 Å². The number of likely N-dealkylation sites (N-methyl/N-ethyl adjacent to an activating group) is 2. The lowest BCUT2D eigenvalue weighted by molar-refractivity contribution is 0.226. The molecule has 2 heterocycles. The molecule has 2 N–H and O–H groups in total. The summed E-state index contributed by atoms with van der Waals surface area (Å²) in [4.78, 5) is 4.66. The first kappa shape index (κ1) is 32.3. The molecule has 0 aliphatic carbocycles. The third-order valence-corrected chi connectivity index (χ3v) is 9.69. The SMILES string of the molecule is COc1cc(C[C@H]2c3cc(OC)c(OC)cc3CCN2C)c(Oc2ccc(C[C@H]3c4cc(O)c(O)cc4CCN3C)cc2)cc1OC. The molecule has 4 aromatic carbocycles. The van der Waals surface area contributed by atoms with Crippen molar-refractivity contribution in [1.82, 2.24) is 9.80 Å². The molecule has 2 aliphatic heterocycles. The summed E-state index contributed by atoms with van der Waals surface area (Å²) in [6.07, 6.45) is 3.20. The number of phenols is 2. The summed E-state index contributed by atoms with van der Waals surface area (Å²) in [7, 11) is 10.9. The topological polar surface area (TPSA) is 93.1 Å². The number of benzene rings is 4. The number of nitrogens with zero attached hydrogens (tertiary/aromatic N) is 2. The van der Waals surface area contributed by atoms with E-state index in [1.807, 2.05) is 24.3 Å². The fourth-order valence-electron chi connectivity index (χ4n) is 6.95. The van der Waals surface area contributed by atoms with Gasteiger partial charge in [-0.05, 0) is 110 Å². The van der Waals surface area contributed by atoms with Crippen LogP contribution in [0.3, 0.4) is 0 Å². The highest BCUT2D eigenvalue weighted by molar-refractivity contribution is 5.54. The van der Waals surface area contributed by atoms with E-state index < -0.39 is 0 Å². The van der Waals surface area contributed by atoms with E-state index in [0.29, 0.717) is 35.2 Å². The van der Waals surface area contributed by atoms with Gasteiger partial charge in [-0.15, -0.1) is 0 Å². The summed E-state index contributed by atoms with van der Waals surface area (Å²) in [5.41, 5.74) is 6.73. The van der Waals surface area contributed by atoms with Crippen LogP contribution < -0.4 is 23.7 Å². The van der Waals surface area contributed by atoms with Crippen molar-refractivity contribution < 1.29 is 33.9 Å². The van der Waals surface area contributed by atoms with E-state index in [1.165, 1.54) is 11.1 Å². The van der Waals surface area contributed by atoms with Crippen molar-refractivity contribution in [2.45, 2.75) is 37.8 Å². The Hall–Kier alpha value is -4.60. The van der Waals surface area contributed by atoms with Gasteiger partial charge in [0.15, 0.2) is 34.5 Å². The van der Waals surface area contributed by atoms with E-state index in [1.54, 1.807) is 40.6 Å². The second-order valence-corrected chi connectivity index (χ2v) is 12.4. The van der Waals surface area contributed by atoms with Gasteiger partial charge in [0.1, 0.15) is 11.5 Å². The van der Waals surface area contributed by atoms with Crippen LogP contribution in [-0.4, -0.2) is 75.6 Å². The van der Waals surface area contributed by atoms with Gasteiger partial charge < -0.3 is 33.9 Å². The summed E-state index contributed by atoms with van der Waals surface area (Å²) in [5.74, 6) is 3.96. The molecule has 0 aromatic heterocycles. The Balaban J connectivity index is 1.28. The number of fused-ring (bicyclic) bond motifs is 2. The van der Waals surface area contributed by atoms with Crippen molar-refractivity contribution in [3.8, 4) is 46.0 Å². The number of aromatic hydroxyl groups is 2. The molecule has 6 rings (SSSR count). The molecule has 0 unspecified atom stereocenters. The first-order chi connectivity index (χ1) is 22.7. The van der Waals surface area contributed by atoms with Crippen molar-refractivity contribution in [1.29, 1.82) is 0 Å². The third kappa shape index (κ3) is 6.50. The lowest BCUT2D eigenvalue weighted by atomic mass is 9.88. The quantitative estimate of drug-likeness (QED) is 0.189. The van der Waals surface area contributed by atoms with Gasteiger partial charge in [0, 0.05) is 36.8 Å². The lowest BCUT2D eigenvalue weighted by Crippen LogP contribution is -2.33. The highest BCUT2D eigenvalue weighted by Gasteiger charge is 2.29. The Morgan fingerprint density at radius 2 is 1.11 bits per heavy atom. The van der Waals surface area contributed by atoms with E-state index in [-0.39, 0.29) is 23.6 Å². The van der Waals surface area contributed by atoms with Gasteiger partial charge in [-0.3, -0.25) is 9.80 Å². The Labute approximate surface area is 276 Å². The van der Waals surface area contributed by atoms with E-state index in [9.17, 15) is 10.2 Å². The predicted octanol–water partition coefficient (Wildman–Crippen LogP) is 6.47. The van der Waals surface area contributed by atoms with Crippen LogP contribution in [0, 0.1) is 0 Å². The molecule has 0 amide bonds. The average molecular weight is 641 g/mol. The molecule has 4 aromatic rings. The fourth-order valence-corrected chi connectivity index (χ4v) is 6.95. The molecule has 0 saturated heterocycles. The van der Waals surface area contributed by atoms with Gasteiger partial charge >= 0.3 is 0 Å². The van der Waals surface area contributed by atoms with Crippen LogP contribution in [0.1, 0.15) is 45.5 Å². The van der Waals surface area contributed by atoms with Crippen LogP contribution in [0.5, 0.6) is 46.0 Å². The number of hydrogen-bond donors (Lipinski definition) is 2. The second-order valence-electron chi connectivity index (χ2n) is 12.4. The Bertz CT molecular complexity index is 1740. The molecule has 9 heteroatoms. The minimum atomic E-state index is -0.0831. The number of rotatable bonds is 10. The van der Waals surface area contributed by atoms with E-state index in [0.717, 1.165) is 60.4 Å². The standard InChI is InChI=1S/C38H44N2O7/c1-39-13-11-24-17-32(41)33(42)20-28(24)30(39)15-23-7-9-27(10-8-23)47-34-22-38(46-6)36(44-4)19-26(34)16-31-29-21-37(45-5)35(43-3)18-25(29)12-14-40(31)2/h7-10,17-22,30-31,41-42H,11-16H2,1-6H3/t30-,31-/m0/s1. The van der Waals surface area contributed by atoms with E-state index >= 15 is 0 Å². The number of phenolic OH excluding ortho intramolecular Hbond substituents is 2. The largest absolute Gasteiger partial charge is 0.504 e. The molecule has 2 atom stereocenters. The van der Waals surface area contributed by atoms with E-state index in [2.05, 4.69) is 48.2 Å². The summed E-state index contributed by atoms with van der Waals surface area (Å²) in [6.45, 7) is 1.80. The van der Waals surface area contributed by atoms with Crippen LogP contribution in [0.25, 0.3) is 0 Å². The van der Waals surface area contributed by atoms with Crippen LogP contribution >= 0.6 is 0 Å². The normalized spacial score (nSPS) is 17.8. The molecule has 0 radical (unpaired) electrons. The smallest absolute Gasteiger partial charge is 0.164 e. The third-order valence-electron chi connectivity index (χ3n) is 9.69. The predicted molar refractivity (Wildman–Crippen MR) is 181 cm³/mol. The van der Waals surface area contributed by atoms with Gasteiger partial charge in [0.2, 0.25) is 0 Å². The maximum absolute atomic E-state index is 10.2. The molecule has 248 valence electrons. The monoisotopic (exact) mass is 640 g/mol. The fraction of sp³-hybridized carbons (Fsp3) is 0.368. The molecular formula is C38H44N2O7. The second kappa shape index (κ2) is 13.6. The first-order valence-electron chi connectivity index (χ1n) is 15.9. The maximum atomic E-state index is 10.2. The zero-order valence-corrected chi connectivity index (χ0v) is 28.0. The molecule has 0 bridgehead atoms. The Morgan fingerprint density at radius 3 is 1.74 bits per heavy atom. The van der Waals surface area contributed by atoms with Crippen molar-refractivity contribution in [2.24, 2.45) is 0 Å². The Morgan fingerprint density at radius 1 is 0.596 bits per heavy atom. The molecule has 47 heavy (non-hydrogen) atoms. The maximum Gasteiger partial charge on any atom is 0.164 e. The minimum Gasteiger partial charge on any atom is -0.504 e. The van der Waals surface area contributed by atoms with Gasteiger partial charge in [0.25, 0.3) is 0 Å². The van der Waals surface area contributed by atoms with Gasteiger partial charge in [-0.1, -0.05) is 12.1 Å². The van der Waals surface area contributed by atoms with Gasteiger partial charge in [0.05, 0.1) is 28.4 Å². The minimum absolute atomic E-state index is 0.0672. The van der Waals surface area contributed by atoms with Crippen LogP contribution in [0.4, 0.5) is 0 Å². The molecule has 9 nitrogen and oxygen atoms in total. The van der Waals surface area contributed by atoms with Crippen molar-refractivity contribution in [2.75, 3.05) is 55.6 Å². The summed E-state index contributed by atoms with van der Waals surface area (Å²) in [5, 5.41) is 20.2. The summed E-state index contributed by atoms with van der Waals surface area (Å²) < 4.78 is 29.2. The van der Waals surface area contributed by atoms with Crippen molar-refractivity contribution in [3.63, 3.8) is 0 Å². The van der Waals surface area contributed by atoms with E-state index in [4.69, 9.17) is 23.7 Å². The van der Waals surface area contributed by atoms with Crippen LogP contribution in [0.15, 0.2) is 60.7 Å². The highest BCUT2D eigenvalue weighted by Crippen LogP contribution is 2.43. The lowest BCUT2D eigenvalue weighted by Gasteiger charge is -2.35. The highest BCUT2D eigenvalue weighted by atomic mass is 16.5. The number of methoxy groups -OCH3 is 4. The summed E-state index contributed by atoms with van der Waals surface area (Å²) in [6, 6.07) is 19.8. The number of ether oxygens (including phenoxy) is 5. The zero-order chi connectivity index (χ0) is 33.2. The molecule has 0 fully saturated rings.